The lowest BCUT2D eigenvalue weighted by Gasteiger charge is -2.38. The predicted molar refractivity (Wildman–Crippen MR) is 78.4 cm³/mol. The van der Waals surface area contributed by atoms with Crippen molar-refractivity contribution in [2.75, 3.05) is 6.61 Å². The first-order valence-corrected chi connectivity index (χ1v) is 7.20. The minimum Gasteiger partial charge on any atom is -0.484 e. The van der Waals surface area contributed by atoms with Crippen LogP contribution in [0.1, 0.15) is 44.6 Å². The van der Waals surface area contributed by atoms with Gasteiger partial charge in [-0.25, -0.2) is 4.79 Å². The van der Waals surface area contributed by atoms with Crippen LogP contribution in [0.25, 0.3) is 0 Å². The van der Waals surface area contributed by atoms with Crippen molar-refractivity contribution in [2.45, 2.75) is 44.6 Å². The lowest BCUT2D eigenvalue weighted by Crippen LogP contribution is -2.59. The second kappa shape index (κ2) is 6.16. The van der Waals surface area contributed by atoms with Gasteiger partial charge in [-0.2, -0.15) is 0 Å². The summed E-state index contributed by atoms with van der Waals surface area (Å²) in [4.78, 5) is 23.0. The molecule has 2 N–H and O–H groups in total. The monoisotopic (exact) mass is 291 g/mol. The average molecular weight is 291 g/mol. The molecule has 1 aliphatic carbocycles. The number of rotatable bonds is 6. The van der Waals surface area contributed by atoms with E-state index in [2.05, 4.69) is 19.2 Å². The molecule has 0 heterocycles. The van der Waals surface area contributed by atoms with E-state index in [0.717, 1.165) is 12.0 Å². The fourth-order valence-corrected chi connectivity index (χ4v) is 2.34. The van der Waals surface area contributed by atoms with E-state index < -0.39 is 17.4 Å². The molecule has 1 fully saturated rings. The fourth-order valence-electron chi connectivity index (χ4n) is 2.34. The summed E-state index contributed by atoms with van der Waals surface area (Å²) in [6, 6.07) is 7.57. The van der Waals surface area contributed by atoms with Gasteiger partial charge in [0.15, 0.2) is 6.61 Å². The lowest BCUT2D eigenvalue weighted by atomic mass is 9.77. The molecule has 0 spiro atoms. The van der Waals surface area contributed by atoms with Gasteiger partial charge < -0.3 is 15.2 Å². The van der Waals surface area contributed by atoms with Gasteiger partial charge in [0.1, 0.15) is 11.3 Å². The molecule has 5 nitrogen and oxygen atoms in total. The van der Waals surface area contributed by atoms with Crippen LogP contribution in [0.5, 0.6) is 5.75 Å². The molecule has 1 aromatic carbocycles. The quantitative estimate of drug-likeness (QED) is 0.843. The smallest absolute Gasteiger partial charge is 0.329 e. The summed E-state index contributed by atoms with van der Waals surface area (Å²) < 4.78 is 5.45. The molecule has 1 aliphatic rings. The summed E-state index contributed by atoms with van der Waals surface area (Å²) in [5, 5.41) is 11.7. The number of carboxylic acid groups (broad SMARTS) is 1. The number of hydrogen-bond acceptors (Lipinski definition) is 3. The summed E-state index contributed by atoms with van der Waals surface area (Å²) in [5.41, 5.74) is 0.0501. The highest BCUT2D eigenvalue weighted by Crippen LogP contribution is 2.32. The molecule has 1 amide bonds. The molecular weight excluding hydrogens is 270 g/mol. The lowest BCUT2D eigenvalue weighted by molar-refractivity contribution is -0.152. The van der Waals surface area contributed by atoms with Gasteiger partial charge in [-0.1, -0.05) is 26.0 Å². The van der Waals surface area contributed by atoms with Gasteiger partial charge >= 0.3 is 5.97 Å². The minimum absolute atomic E-state index is 0.170. The second-order valence-corrected chi connectivity index (χ2v) is 5.80. The zero-order chi connectivity index (χ0) is 15.5. The Morgan fingerprint density at radius 2 is 2.10 bits per heavy atom. The van der Waals surface area contributed by atoms with Gasteiger partial charge in [-0.3, -0.25) is 4.79 Å². The number of amides is 1. The minimum atomic E-state index is -1.08. The largest absolute Gasteiger partial charge is 0.484 e. The molecule has 2 rings (SSSR count). The topological polar surface area (TPSA) is 75.6 Å². The second-order valence-electron chi connectivity index (χ2n) is 5.80. The van der Waals surface area contributed by atoms with Crippen LogP contribution >= 0.6 is 0 Å². The van der Waals surface area contributed by atoms with E-state index in [-0.39, 0.29) is 6.61 Å². The maximum atomic E-state index is 11.8. The van der Waals surface area contributed by atoms with Crippen molar-refractivity contribution >= 4 is 11.9 Å². The third-order valence-corrected chi connectivity index (χ3v) is 3.89. The molecule has 0 radical (unpaired) electrons. The Bertz CT molecular complexity index is 535. The van der Waals surface area contributed by atoms with Crippen LogP contribution in [0.4, 0.5) is 0 Å². The molecule has 1 aromatic rings. The van der Waals surface area contributed by atoms with Crippen LogP contribution in [0.2, 0.25) is 0 Å². The van der Waals surface area contributed by atoms with E-state index in [1.165, 1.54) is 0 Å². The van der Waals surface area contributed by atoms with Crippen molar-refractivity contribution in [3.8, 4) is 5.75 Å². The first-order valence-electron chi connectivity index (χ1n) is 7.20. The SMILES string of the molecule is CC(C)c1cccc(OCC(=O)NC2(C(=O)O)CCC2)c1. The standard InChI is InChI=1S/C16H21NO4/c1-11(2)12-5-3-6-13(9-12)21-10-14(18)17-16(15(19)20)7-4-8-16/h3,5-6,9,11H,4,7-8,10H2,1-2H3,(H,17,18)(H,19,20). The number of carbonyl (C=O) groups excluding carboxylic acids is 1. The van der Waals surface area contributed by atoms with Crippen LogP contribution in [-0.2, 0) is 9.59 Å². The van der Waals surface area contributed by atoms with Gasteiger partial charge in [-0.05, 0) is 42.9 Å². The average Bonchev–Trinajstić information content (AvgIpc) is 2.40. The Kier molecular flexibility index (Phi) is 4.50. The van der Waals surface area contributed by atoms with Crippen LogP contribution in [0.3, 0.4) is 0 Å². The maximum Gasteiger partial charge on any atom is 0.329 e. The van der Waals surface area contributed by atoms with Gasteiger partial charge in [0.05, 0.1) is 0 Å². The Morgan fingerprint density at radius 1 is 1.38 bits per heavy atom. The Balaban J connectivity index is 1.89. The number of benzene rings is 1. The zero-order valence-corrected chi connectivity index (χ0v) is 12.4. The van der Waals surface area contributed by atoms with Crippen molar-refractivity contribution in [3.05, 3.63) is 29.8 Å². The maximum absolute atomic E-state index is 11.8. The Labute approximate surface area is 124 Å². The summed E-state index contributed by atoms with van der Waals surface area (Å²) in [6.07, 6.45) is 1.79. The molecule has 1 saturated carbocycles. The van der Waals surface area contributed by atoms with Crippen molar-refractivity contribution in [2.24, 2.45) is 0 Å². The molecule has 5 heteroatoms. The fraction of sp³-hybridized carbons (Fsp3) is 0.500. The van der Waals surface area contributed by atoms with Gasteiger partial charge in [0, 0.05) is 0 Å². The van der Waals surface area contributed by atoms with E-state index in [1.807, 2.05) is 18.2 Å². The highest BCUT2D eigenvalue weighted by molar-refractivity contribution is 5.88. The van der Waals surface area contributed by atoms with E-state index in [4.69, 9.17) is 9.84 Å². The first-order chi connectivity index (χ1) is 9.93. The van der Waals surface area contributed by atoms with Gasteiger partial charge in [-0.15, -0.1) is 0 Å². The number of nitrogens with one attached hydrogen (secondary N) is 1. The highest BCUT2D eigenvalue weighted by Gasteiger charge is 2.45. The van der Waals surface area contributed by atoms with Crippen LogP contribution in [0, 0.1) is 0 Å². The van der Waals surface area contributed by atoms with Crippen LogP contribution in [-0.4, -0.2) is 29.1 Å². The van der Waals surface area contributed by atoms with Crippen LogP contribution in [0.15, 0.2) is 24.3 Å². The van der Waals surface area contributed by atoms with Gasteiger partial charge in [0.2, 0.25) is 0 Å². The summed E-state index contributed by atoms with van der Waals surface area (Å²) in [6.45, 7) is 3.99. The molecule has 0 aromatic heterocycles. The normalized spacial score (nSPS) is 16.1. The van der Waals surface area contributed by atoms with E-state index in [9.17, 15) is 9.59 Å². The number of carbonyl (C=O) groups is 2. The zero-order valence-electron chi connectivity index (χ0n) is 12.4. The van der Waals surface area contributed by atoms with E-state index in [1.54, 1.807) is 6.07 Å². The highest BCUT2D eigenvalue weighted by atomic mass is 16.5. The van der Waals surface area contributed by atoms with Crippen molar-refractivity contribution in [1.82, 2.24) is 5.32 Å². The van der Waals surface area contributed by atoms with E-state index >= 15 is 0 Å². The molecule has 0 unspecified atom stereocenters. The van der Waals surface area contributed by atoms with E-state index in [0.29, 0.717) is 24.5 Å². The van der Waals surface area contributed by atoms with Crippen molar-refractivity contribution < 1.29 is 19.4 Å². The van der Waals surface area contributed by atoms with Crippen molar-refractivity contribution in [1.29, 1.82) is 0 Å². The summed E-state index contributed by atoms with van der Waals surface area (Å²) in [7, 11) is 0. The summed E-state index contributed by atoms with van der Waals surface area (Å²) >= 11 is 0. The number of hydrogen-bond donors (Lipinski definition) is 2. The number of aliphatic carboxylic acids is 1. The molecule has 114 valence electrons. The third kappa shape index (κ3) is 3.54. The Hall–Kier alpha value is -2.04. The predicted octanol–water partition coefficient (Wildman–Crippen LogP) is 2.31. The first kappa shape index (κ1) is 15.4. The molecule has 0 saturated heterocycles. The number of ether oxygens (including phenoxy) is 1. The molecule has 0 aliphatic heterocycles. The van der Waals surface area contributed by atoms with Crippen molar-refractivity contribution in [3.63, 3.8) is 0 Å². The molecular formula is C16H21NO4. The molecule has 0 bridgehead atoms. The number of carboxylic acids is 1. The van der Waals surface area contributed by atoms with Crippen LogP contribution < -0.4 is 10.1 Å². The molecule has 21 heavy (non-hydrogen) atoms. The third-order valence-electron chi connectivity index (χ3n) is 3.89. The Morgan fingerprint density at radius 3 is 2.62 bits per heavy atom. The summed E-state index contributed by atoms with van der Waals surface area (Å²) in [5.74, 6) is -0.363. The van der Waals surface area contributed by atoms with Gasteiger partial charge in [0.25, 0.3) is 5.91 Å². The molecule has 0 atom stereocenters.